The molecule has 2 N–H and O–H groups in total. The van der Waals surface area contributed by atoms with E-state index in [9.17, 15) is 4.79 Å². The van der Waals surface area contributed by atoms with E-state index in [1.165, 1.54) is 0 Å². The average molecular weight is 390 g/mol. The molecule has 1 atom stereocenters. The minimum Gasteiger partial charge on any atom is -0.439 e. The van der Waals surface area contributed by atoms with Gasteiger partial charge in [0.15, 0.2) is 5.76 Å². The summed E-state index contributed by atoms with van der Waals surface area (Å²) in [6.45, 7) is 5.23. The summed E-state index contributed by atoms with van der Waals surface area (Å²) >= 11 is 0. The van der Waals surface area contributed by atoms with Crippen LogP contribution in [-0.2, 0) is 16.9 Å². The van der Waals surface area contributed by atoms with Gasteiger partial charge in [-0.05, 0) is 12.5 Å². The average Bonchev–Trinajstić information content (AvgIpc) is 3.23. The van der Waals surface area contributed by atoms with Crippen LogP contribution in [0.5, 0.6) is 0 Å². The van der Waals surface area contributed by atoms with Gasteiger partial charge in [0.1, 0.15) is 5.54 Å². The number of oxazole rings is 1. The van der Waals surface area contributed by atoms with Crippen molar-refractivity contribution < 1.29 is 9.21 Å². The molecule has 1 fully saturated rings. The summed E-state index contributed by atoms with van der Waals surface area (Å²) < 4.78 is 5.91. The molecule has 2 heterocycles. The molecule has 6 heteroatoms. The molecule has 1 aliphatic heterocycles. The molecule has 29 heavy (non-hydrogen) atoms. The molecule has 0 radical (unpaired) electrons. The number of hydrogen-bond acceptors (Lipinski definition) is 5. The number of nitrogens with zero attached hydrogens (tertiary/aromatic N) is 3. The van der Waals surface area contributed by atoms with Crippen molar-refractivity contribution in [1.29, 1.82) is 0 Å². The van der Waals surface area contributed by atoms with Gasteiger partial charge in [0.05, 0.1) is 12.7 Å². The molecule has 0 spiro atoms. The normalized spacial score (nSPS) is 17.1. The van der Waals surface area contributed by atoms with Crippen LogP contribution >= 0.6 is 0 Å². The summed E-state index contributed by atoms with van der Waals surface area (Å²) in [4.78, 5) is 21.5. The number of piperazine rings is 1. The Balaban J connectivity index is 1.34. The molecule has 0 bridgehead atoms. The quantitative estimate of drug-likeness (QED) is 0.725. The number of carbonyl (C=O) groups excluding carboxylic acids is 1. The number of hydrogen-bond donors (Lipinski definition) is 1. The Hall–Kier alpha value is -2.96. The molecule has 1 unspecified atom stereocenters. The van der Waals surface area contributed by atoms with Gasteiger partial charge < -0.3 is 15.1 Å². The highest BCUT2D eigenvalue weighted by Gasteiger charge is 2.35. The zero-order chi connectivity index (χ0) is 20.3. The Morgan fingerprint density at radius 3 is 2.31 bits per heavy atom. The SMILES string of the molecule is CC(N)(C(=O)N1CCN(Cc2ncc(-c3ccccc3)o2)CC1)c1ccccc1. The second-order valence-electron chi connectivity index (χ2n) is 7.62. The Labute approximate surface area is 170 Å². The number of amides is 1. The van der Waals surface area contributed by atoms with E-state index in [1.54, 1.807) is 13.1 Å². The fourth-order valence-corrected chi connectivity index (χ4v) is 3.66. The first-order valence-electron chi connectivity index (χ1n) is 9.90. The summed E-state index contributed by atoms with van der Waals surface area (Å²) in [6, 6.07) is 19.5. The van der Waals surface area contributed by atoms with Crippen molar-refractivity contribution in [1.82, 2.24) is 14.8 Å². The van der Waals surface area contributed by atoms with E-state index in [-0.39, 0.29) is 5.91 Å². The van der Waals surface area contributed by atoms with Gasteiger partial charge in [-0.1, -0.05) is 60.7 Å². The topological polar surface area (TPSA) is 75.6 Å². The largest absolute Gasteiger partial charge is 0.439 e. The first-order chi connectivity index (χ1) is 14.0. The summed E-state index contributed by atoms with van der Waals surface area (Å²) in [7, 11) is 0. The molecular formula is C23H26N4O2. The lowest BCUT2D eigenvalue weighted by atomic mass is 9.91. The Kier molecular flexibility index (Phi) is 5.47. The number of aromatic nitrogens is 1. The molecule has 0 saturated carbocycles. The zero-order valence-corrected chi connectivity index (χ0v) is 16.6. The van der Waals surface area contributed by atoms with Gasteiger partial charge in [0, 0.05) is 31.7 Å². The summed E-state index contributed by atoms with van der Waals surface area (Å²) in [5.41, 5.74) is 7.23. The fraction of sp³-hybridized carbons (Fsp3) is 0.304. The van der Waals surface area contributed by atoms with Crippen molar-refractivity contribution in [3.63, 3.8) is 0 Å². The van der Waals surface area contributed by atoms with E-state index in [0.29, 0.717) is 25.5 Å². The maximum Gasteiger partial charge on any atom is 0.247 e. The monoisotopic (exact) mass is 390 g/mol. The number of nitrogens with two attached hydrogens (primary N) is 1. The van der Waals surface area contributed by atoms with Crippen LogP contribution in [0.25, 0.3) is 11.3 Å². The second-order valence-corrected chi connectivity index (χ2v) is 7.62. The van der Waals surface area contributed by atoms with E-state index < -0.39 is 5.54 Å². The summed E-state index contributed by atoms with van der Waals surface area (Å²) in [5.74, 6) is 1.43. The lowest BCUT2D eigenvalue weighted by molar-refractivity contribution is -0.138. The molecule has 0 aliphatic carbocycles. The maximum atomic E-state index is 13.0. The van der Waals surface area contributed by atoms with Crippen molar-refractivity contribution in [3.8, 4) is 11.3 Å². The van der Waals surface area contributed by atoms with Crippen LogP contribution in [0.2, 0.25) is 0 Å². The summed E-state index contributed by atoms with van der Waals surface area (Å²) in [5, 5.41) is 0. The van der Waals surface area contributed by atoms with Crippen molar-refractivity contribution in [2.75, 3.05) is 26.2 Å². The molecule has 1 aromatic heterocycles. The molecule has 1 amide bonds. The van der Waals surface area contributed by atoms with E-state index in [0.717, 1.165) is 30.0 Å². The van der Waals surface area contributed by atoms with Gasteiger partial charge in [0.2, 0.25) is 11.8 Å². The number of rotatable bonds is 5. The molecule has 6 nitrogen and oxygen atoms in total. The maximum absolute atomic E-state index is 13.0. The molecule has 150 valence electrons. The van der Waals surface area contributed by atoms with Crippen LogP contribution in [0.3, 0.4) is 0 Å². The van der Waals surface area contributed by atoms with Gasteiger partial charge in [-0.3, -0.25) is 9.69 Å². The molecule has 4 rings (SSSR count). The predicted molar refractivity (Wildman–Crippen MR) is 112 cm³/mol. The van der Waals surface area contributed by atoms with Crippen molar-refractivity contribution >= 4 is 5.91 Å². The Morgan fingerprint density at radius 1 is 1.03 bits per heavy atom. The van der Waals surface area contributed by atoms with Crippen LogP contribution in [-0.4, -0.2) is 46.9 Å². The highest BCUT2D eigenvalue weighted by molar-refractivity contribution is 5.87. The van der Waals surface area contributed by atoms with Gasteiger partial charge in [0.25, 0.3) is 0 Å². The molecular weight excluding hydrogens is 364 g/mol. The third-order valence-corrected chi connectivity index (χ3v) is 5.45. The molecule has 3 aromatic rings. The van der Waals surface area contributed by atoms with E-state index in [4.69, 9.17) is 10.2 Å². The predicted octanol–water partition coefficient (Wildman–Crippen LogP) is 2.86. The van der Waals surface area contributed by atoms with Crippen molar-refractivity contribution in [3.05, 3.63) is 78.3 Å². The minimum atomic E-state index is -1.02. The second kappa shape index (κ2) is 8.19. The van der Waals surface area contributed by atoms with Gasteiger partial charge in [-0.2, -0.15) is 0 Å². The highest BCUT2D eigenvalue weighted by Crippen LogP contribution is 2.23. The molecule has 1 aliphatic rings. The smallest absolute Gasteiger partial charge is 0.247 e. The first-order valence-corrected chi connectivity index (χ1v) is 9.90. The zero-order valence-electron chi connectivity index (χ0n) is 16.6. The van der Waals surface area contributed by atoms with E-state index in [1.807, 2.05) is 65.6 Å². The van der Waals surface area contributed by atoms with Gasteiger partial charge in [-0.25, -0.2) is 4.98 Å². The Bertz CT molecular complexity index is 945. The van der Waals surface area contributed by atoms with Crippen LogP contribution < -0.4 is 5.73 Å². The highest BCUT2D eigenvalue weighted by atomic mass is 16.4. The van der Waals surface area contributed by atoms with E-state index >= 15 is 0 Å². The van der Waals surface area contributed by atoms with Crippen molar-refractivity contribution in [2.24, 2.45) is 5.73 Å². The van der Waals surface area contributed by atoms with Crippen molar-refractivity contribution in [2.45, 2.75) is 19.0 Å². The van der Waals surface area contributed by atoms with Crippen LogP contribution in [0, 0.1) is 0 Å². The van der Waals surface area contributed by atoms with Crippen LogP contribution in [0.15, 0.2) is 71.3 Å². The fourth-order valence-electron chi connectivity index (χ4n) is 3.66. The molecule has 1 saturated heterocycles. The lowest BCUT2D eigenvalue weighted by Gasteiger charge is -2.38. The van der Waals surface area contributed by atoms with Gasteiger partial charge in [-0.15, -0.1) is 0 Å². The third-order valence-electron chi connectivity index (χ3n) is 5.45. The van der Waals surface area contributed by atoms with E-state index in [2.05, 4.69) is 9.88 Å². The van der Waals surface area contributed by atoms with Crippen LogP contribution in [0.1, 0.15) is 18.4 Å². The number of carbonyl (C=O) groups is 1. The third kappa shape index (κ3) is 4.23. The Morgan fingerprint density at radius 2 is 1.66 bits per heavy atom. The minimum absolute atomic E-state index is 0.0363. The number of benzene rings is 2. The standard InChI is InChI=1S/C23H26N4O2/c1-23(24,19-10-6-3-7-11-19)22(28)27-14-12-26(13-15-27)17-21-25-16-20(29-21)18-8-4-2-5-9-18/h2-11,16H,12-15,17,24H2,1H3. The first kappa shape index (κ1) is 19.4. The lowest BCUT2D eigenvalue weighted by Crippen LogP contribution is -2.56. The summed E-state index contributed by atoms with van der Waals surface area (Å²) in [6.07, 6.45) is 1.77. The van der Waals surface area contributed by atoms with Crippen LogP contribution in [0.4, 0.5) is 0 Å². The van der Waals surface area contributed by atoms with Gasteiger partial charge >= 0.3 is 0 Å². The molecule has 2 aromatic carbocycles.